The van der Waals surface area contributed by atoms with E-state index < -0.39 is 12.1 Å². The standard InChI is InChI=1S/C24H47NO4/c1-6-21(2)17-15-13-11-9-7-8-10-12-14-16-18-24(28)29-22(19-23(26)27)20-25(3,4)5/h21-22H,6-20H2,1-5H3/p+1. The number of aliphatic carboxylic acids is 1. The molecule has 0 aliphatic heterocycles. The summed E-state index contributed by atoms with van der Waals surface area (Å²) in [6.45, 7) is 5.13. The summed E-state index contributed by atoms with van der Waals surface area (Å²) < 4.78 is 5.99. The minimum absolute atomic E-state index is 0.126. The van der Waals surface area contributed by atoms with Crippen LogP contribution in [0.5, 0.6) is 0 Å². The van der Waals surface area contributed by atoms with E-state index in [1.807, 2.05) is 21.1 Å². The summed E-state index contributed by atoms with van der Waals surface area (Å²) in [4.78, 5) is 23.0. The zero-order valence-electron chi connectivity index (χ0n) is 19.9. The molecule has 2 unspecified atom stereocenters. The van der Waals surface area contributed by atoms with Crippen LogP contribution in [0, 0.1) is 5.92 Å². The second kappa shape index (κ2) is 16.7. The van der Waals surface area contributed by atoms with Crippen LogP contribution in [-0.4, -0.2) is 55.3 Å². The van der Waals surface area contributed by atoms with Gasteiger partial charge in [-0.1, -0.05) is 84.5 Å². The zero-order chi connectivity index (χ0) is 22.1. The van der Waals surface area contributed by atoms with Crippen molar-refractivity contribution in [2.45, 2.75) is 110 Å². The van der Waals surface area contributed by atoms with Gasteiger partial charge in [0.1, 0.15) is 6.54 Å². The number of nitrogens with zero attached hydrogens (tertiary/aromatic N) is 1. The lowest BCUT2D eigenvalue weighted by Gasteiger charge is -2.28. The smallest absolute Gasteiger partial charge is 0.307 e. The van der Waals surface area contributed by atoms with Crippen LogP contribution in [0.4, 0.5) is 0 Å². The molecule has 1 N–H and O–H groups in total. The van der Waals surface area contributed by atoms with Crippen molar-refractivity contribution in [2.24, 2.45) is 5.92 Å². The maximum Gasteiger partial charge on any atom is 0.307 e. The van der Waals surface area contributed by atoms with Gasteiger partial charge < -0.3 is 14.3 Å². The molecule has 5 heteroatoms. The van der Waals surface area contributed by atoms with Crippen LogP contribution in [-0.2, 0) is 14.3 Å². The fourth-order valence-corrected chi connectivity index (χ4v) is 3.57. The lowest BCUT2D eigenvalue weighted by atomic mass is 9.99. The van der Waals surface area contributed by atoms with Crippen LogP contribution in [0.2, 0.25) is 0 Å². The first-order valence-corrected chi connectivity index (χ1v) is 11.9. The van der Waals surface area contributed by atoms with E-state index in [9.17, 15) is 9.59 Å². The van der Waals surface area contributed by atoms with Gasteiger partial charge in [0.2, 0.25) is 0 Å². The monoisotopic (exact) mass is 414 g/mol. The maximum atomic E-state index is 12.0. The van der Waals surface area contributed by atoms with Gasteiger partial charge in [-0.05, 0) is 12.3 Å². The van der Waals surface area contributed by atoms with Crippen molar-refractivity contribution in [3.63, 3.8) is 0 Å². The first-order chi connectivity index (χ1) is 13.6. The third kappa shape index (κ3) is 20.0. The second-order valence-corrected chi connectivity index (χ2v) is 9.77. The Balaban J connectivity index is 3.64. The molecule has 0 fully saturated rings. The Hall–Kier alpha value is -1.10. The number of unbranched alkanes of at least 4 members (excludes halogenated alkanes) is 9. The number of likely N-dealkylation sites (N-methyl/N-ethyl adjacent to an activating group) is 1. The molecule has 0 radical (unpaired) electrons. The van der Waals surface area contributed by atoms with Crippen LogP contribution in [0.15, 0.2) is 0 Å². The molecule has 0 heterocycles. The molecule has 0 aliphatic carbocycles. The molecule has 0 aliphatic rings. The summed E-state index contributed by atoms with van der Waals surface area (Å²) in [5, 5.41) is 9.00. The Bertz CT molecular complexity index is 431. The van der Waals surface area contributed by atoms with E-state index in [-0.39, 0.29) is 12.4 Å². The zero-order valence-corrected chi connectivity index (χ0v) is 19.9. The highest BCUT2D eigenvalue weighted by atomic mass is 16.5. The van der Waals surface area contributed by atoms with E-state index in [1.54, 1.807) is 0 Å². The van der Waals surface area contributed by atoms with E-state index in [0.29, 0.717) is 17.4 Å². The van der Waals surface area contributed by atoms with Gasteiger partial charge in [-0.2, -0.15) is 0 Å². The summed E-state index contributed by atoms with van der Waals surface area (Å²) in [5.41, 5.74) is 0. The lowest BCUT2D eigenvalue weighted by molar-refractivity contribution is -0.873. The summed E-state index contributed by atoms with van der Waals surface area (Å²) in [6.07, 6.45) is 14.8. The van der Waals surface area contributed by atoms with Crippen molar-refractivity contribution in [3.8, 4) is 0 Å². The predicted molar refractivity (Wildman–Crippen MR) is 120 cm³/mol. The van der Waals surface area contributed by atoms with Crippen molar-refractivity contribution in [1.82, 2.24) is 0 Å². The van der Waals surface area contributed by atoms with Gasteiger partial charge in [0, 0.05) is 6.42 Å². The molecule has 2 atom stereocenters. The average Bonchev–Trinajstić information content (AvgIpc) is 2.60. The summed E-state index contributed by atoms with van der Waals surface area (Å²) in [5.74, 6) is -0.304. The maximum absolute atomic E-state index is 12.0. The number of rotatable bonds is 19. The van der Waals surface area contributed by atoms with Gasteiger partial charge in [-0.25, -0.2) is 0 Å². The largest absolute Gasteiger partial charge is 0.481 e. The molecule has 0 aromatic carbocycles. The molecule has 0 bridgehead atoms. The first-order valence-electron chi connectivity index (χ1n) is 11.9. The van der Waals surface area contributed by atoms with Crippen molar-refractivity contribution in [1.29, 1.82) is 0 Å². The molecule has 0 spiro atoms. The minimum atomic E-state index is -0.924. The fraction of sp³-hybridized carbons (Fsp3) is 0.917. The third-order valence-corrected chi connectivity index (χ3v) is 5.48. The number of hydrogen-bond donors (Lipinski definition) is 1. The second-order valence-electron chi connectivity index (χ2n) is 9.77. The van der Waals surface area contributed by atoms with Crippen LogP contribution < -0.4 is 0 Å². The number of carbonyl (C=O) groups is 2. The highest BCUT2D eigenvalue weighted by Gasteiger charge is 2.24. The highest BCUT2D eigenvalue weighted by molar-refractivity contribution is 5.71. The van der Waals surface area contributed by atoms with Crippen molar-refractivity contribution in [2.75, 3.05) is 27.7 Å². The number of hydrogen-bond acceptors (Lipinski definition) is 3. The molecule has 172 valence electrons. The Morgan fingerprint density at radius 3 is 1.79 bits per heavy atom. The molecule has 5 nitrogen and oxygen atoms in total. The van der Waals surface area contributed by atoms with Crippen LogP contribution in [0.25, 0.3) is 0 Å². The normalized spacial score (nSPS) is 13.8. The molecule has 0 aromatic heterocycles. The number of carbonyl (C=O) groups excluding carboxylic acids is 1. The summed E-state index contributed by atoms with van der Waals surface area (Å²) >= 11 is 0. The average molecular weight is 415 g/mol. The number of esters is 1. The molecule has 0 aromatic rings. The number of ether oxygens (including phenoxy) is 1. The predicted octanol–water partition coefficient (Wildman–Crippen LogP) is 5.81. The fourth-order valence-electron chi connectivity index (χ4n) is 3.57. The van der Waals surface area contributed by atoms with Crippen LogP contribution in [0.3, 0.4) is 0 Å². The Labute approximate surface area is 179 Å². The van der Waals surface area contributed by atoms with E-state index >= 15 is 0 Å². The van der Waals surface area contributed by atoms with Gasteiger partial charge in [0.25, 0.3) is 0 Å². The van der Waals surface area contributed by atoms with Crippen LogP contribution in [0.1, 0.15) is 104 Å². The first kappa shape index (κ1) is 27.9. The topological polar surface area (TPSA) is 63.6 Å². The van der Waals surface area contributed by atoms with Gasteiger partial charge in [-0.15, -0.1) is 0 Å². The molecular formula is C24H48NO4+. The number of carboxylic acid groups (broad SMARTS) is 1. The number of carboxylic acids is 1. The van der Waals surface area contributed by atoms with Crippen molar-refractivity contribution >= 4 is 11.9 Å². The Morgan fingerprint density at radius 2 is 1.34 bits per heavy atom. The molecule has 0 amide bonds. The van der Waals surface area contributed by atoms with E-state index in [2.05, 4.69) is 13.8 Å². The van der Waals surface area contributed by atoms with Gasteiger partial charge in [0.15, 0.2) is 6.10 Å². The molecular weight excluding hydrogens is 366 g/mol. The van der Waals surface area contributed by atoms with E-state index in [0.717, 1.165) is 18.8 Å². The SMILES string of the molecule is CCC(C)CCCCCCCCCCCCC(=O)OC(CC(=O)O)C[N+](C)(C)C. The Kier molecular flexibility index (Phi) is 16.0. The lowest BCUT2D eigenvalue weighted by Crippen LogP contribution is -2.43. The quantitative estimate of drug-likeness (QED) is 0.165. The van der Waals surface area contributed by atoms with E-state index in [1.165, 1.54) is 64.2 Å². The number of quaternary nitrogens is 1. The highest BCUT2D eigenvalue weighted by Crippen LogP contribution is 2.15. The van der Waals surface area contributed by atoms with E-state index in [4.69, 9.17) is 9.84 Å². The summed E-state index contributed by atoms with van der Waals surface area (Å²) in [7, 11) is 5.90. The van der Waals surface area contributed by atoms with Crippen molar-refractivity contribution in [3.05, 3.63) is 0 Å². The van der Waals surface area contributed by atoms with Gasteiger partial charge in [0.05, 0.1) is 27.6 Å². The van der Waals surface area contributed by atoms with Gasteiger partial charge in [-0.3, -0.25) is 9.59 Å². The minimum Gasteiger partial charge on any atom is -0.481 e. The molecule has 0 saturated carbocycles. The molecule has 0 rings (SSSR count). The molecule has 0 saturated heterocycles. The molecule has 29 heavy (non-hydrogen) atoms. The summed E-state index contributed by atoms with van der Waals surface area (Å²) in [6, 6.07) is 0. The Morgan fingerprint density at radius 1 is 0.862 bits per heavy atom. The van der Waals surface area contributed by atoms with Crippen molar-refractivity contribution < 1.29 is 23.9 Å². The van der Waals surface area contributed by atoms with Crippen LogP contribution >= 0.6 is 0 Å². The third-order valence-electron chi connectivity index (χ3n) is 5.48. The van der Waals surface area contributed by atoms with Gasteiger partial charge >= 0.3 is 11.9 Å².